The maximum absolute atomic E-state index is 15.1. The second kappa shape index (κ2) is 18.7. The molecule has 2 atom stereocenters. The Morgan fingerprint density at radius 3 is 2.33 bits per heavy atom. The number of hydrogen-bond acceptors (Lipinski definition) is 10. The molecular formula is C41H40Cl2FN3O6S. The summed E-state index contributed by atoms with van der Waals surface area (Å²) in [6.45, 7) is 2.58. The highest BCUT2D eigenvalue weighted by Gasteiger charge is 2.30. The number of halogens is 3. The molecule has 0 spiro atoms. The Bertz CT molecular complexity index is 2020. The van der Waals surface area contributed by atoms with E-state index in [1.165, 1.54) is 49.6 Å². The van der Waals surface area contributed by atoms with E-state index in [2.05, 4.69) is 27.3 Å². The summed E-state index contributed by atoms with van der Waals surface area (Å²) in [5, 5.41) is 3.86. The van der Waals surface area contributed by atoms with Gasteiger partial charge in [-0.1, -0.05) is 77.8 Å². The zero-order valence-corrected chi connectivity index (χ0v) is 32.1. The van der Waals surface area contributed by atoms with Crippen molar-refractivity contribution < 1.29 is 32.9 Å². The van der Waals surface area contributed by atoms with Gasteiger partial charge in [0.2, 0.25) is 0 Å². The number of rotatable bonds is 15. The predicted octanol–water partition coefficient (Wildman–Crippen LogP) is 8.79. The number of benzene rings is 3. The van der Waals surface area contributed by atoms with Crippen LogP contribution in [0.5, 0.6) is 11.5 Å². The predicted molar refractivity (Wildman–Crippen MR) is 207 cm³/mol. The maximum atomic E-state index is 15.1. The molecular weight excluding hydrogens is 752 g/mol. The minimum absolute atomic E-state index is 0.166. The van der Waals surface area contributed by atoms with Crippen LogP contribution < -0.4 is 14.8 Å². The van der Waals surface area contributed by atoms with Gasteiger partial charge in [-0.3, -0.25) is 15.2 Å². The Hall–Kier alpha value is -4.52. The number of aromatic nitrogens is 1. The summed E-state index contributed by atoms with van der Waals surface area (Å²) in [4.78, 5) is 34.7. The molecule has 6 rings (SSSR count). The molecule has 3 aromatic carbocycles. The number of thiophene rings is 1. The van der Waals surface area contributed by atoms with Crippen LogP contribution in [0.25, 0.3) is 0 Å². The van der Waals surface area contributed by atoms with E-state index in [1.807, 2.05) is 18.2 Å². The lowest BCUT2D eigenvalue weighted by molar-refractivity contribution is -0.154. The molecule has 0 radical (unpaired) electrons. The first-order valence-corrected chi connectivity index (χ1v) is 19.0. The summed E-state index contributed by atoms with van der Waals surface area (Å²) in [6, 6.07) is 24.0. The van der Waals surface area contributed by atoms with Crippen LogP contribution in [0.4, 0.5) is 4.39 Å². The van der Waals surface area contributed by atoms with Crippen LogP contribution in [-0.2, 0) is 33.8 Å². The van der Waals surface area contributed by atoms with Crippen LogP contribution in [0, 0.1) is 5.82 Å². The van der Waals surface area contributed by atoms with Gasteiger partial charge >= 0.3 is 11.9 Å². The summed E-state index contributed by atoms with van der Waals surface area (Å²) in [5.41, 5.74) is 2.63. The van der Waals surface area contributed by atoms with Crippen LogP contribution >= 0.6 is 34.5 Å². The lowest BCUT2D eigenvalue weighted by Crippen LogP contribution is -2.39. The largest absolute Gasteiger partial charge is 0.493 e. The number of esters is 2. The topological polar surface area (TPSA) is 99.2 Å². The number of hydrogen-bond donors (Lipinski definition) is 1. The van der Waals surface area contributed by atoms with Crippen molar-refractivity contribution >= 4 is 46.5 Å². The smallest absolute Gasteiger partial charge is 0.348 e. The Balaban J connectivity index is 1.13. The third kappa shape index (κ3) is 9.96. The Morgan fingerprint density at radius 2 is 1.63 bits per heavy atom. The summed E-state index contributed by atoms with van der Waals surface area (Å²) < 4.78 is 38.0. The number of nitrogens with zero attached hydrogens (tertiary/aromatic N) is 2. The van der Waals surface area contributed by atoms with Crippen molar-refractivity contribution in [3.05, 3.63) is 145 Å². The lowest BCUT2D eigenvalue weighted by atomic mass is 10.0. The summed E-state index contributed by atoms with van der Waals surface area (Å²) in [5.74, 6) is -0.664. The van der Waals surface area contributed by atoms with Gasteiger partial charge in [0.1, 0.15) is 28.9 Å². The second-order valence-corrected chi connectivity index (χ2v) is 14.8. The maximum Gasteiger partial charge on any atom is 0.348 e. The van der Waals surface area contributed by atoms with Gasteiger partial charge in [0.25, 0.3) is 0 Å². The number of methoxy groups -OCH3 is 2. The number of carbonyl (C=O) groups is 2. The molecule has 1 aliphatic rings. The molecule has 1 saturated heterocycles. The molecule has 1 unspecified atom stereocenters. The minimum Gasteiger partial charge on any atom is -0.493 e. The molecule has 13 heteroatoms. The summed E-state index contributed by atoms with van der Waals surface area (Å²) in [7, 11) is 3.06. The van der Waals surface area contributed by atoms with Gasteiger partial charge in [-0.15, -0.1) is 11.3 Å². The normalized spacial score (nSPS) is 14.6. The number of carbonyl (C=O) groups excluding carboxylic acids is 2. The monoisotopic (exact) mass is 791 g/mol. The number of likely N-dealkylation sites (tertiary alicyclic amines) is 1. The first-order chi connectivity index (χ1) is 26.2. The zero-order valence-electron chi connectivity index (χ0n) is 29.8. The highest BCUT2D eigenvalue weighted by Crippen LogP contribution is 2.36. The van der Waals surface area contributed by atoms with Crippen molar-refractivity contribution in [1.29, 1.82) is 0 Å². The van der Waals surface area contributed by atoms with E-state index >= 15 is 4.39 Å². The first-order valence-electron chi connectivity index (χ1n) is 17.5. The van der Waals surface area contributed by atoms with E-state index in [4.69, 9.17) is 42.1 Å². The van der Waals surface area contributed by atoms with Crippen molar-refractivity contribution in [3.8, 4) is 11.5 Å². The van der Waals surface area contributed by atoms with E-state index < -0.39 is 29.9 Å². The summed E-state index contributed by atoms with van der Waals surface area (Å²) >= 11 is 14.1. The summed E-state index contributed by atoms with van der Waals surface area (Å²) in [6.07, 6.45) is 3.41. The van der Waals surface area contributed by atoms with Crippen LogP contribution in [-0.4, -0.2) is 55.2 Å². The highest BCUT2D eigenvalue weighted by molar-refractivity contribution is 7.13. The molecule has 9 nitrogen and oxygen atoms in total. The molecule has 0 aliphatic carbocycles. The average molecular weight is 793 g/mol. The minimum atomic E-state index is -1.06. The van der Waals surface area contributed by atoms with E-state index in [-0.39, 0.29) is 24.6 Å². The van der Waals surface area contributed by atoms with E-state index in [0.29, 0.717) is 50.4 Å². The van der Waals surface area contributed by atoms with Gasteiger partial charge in [-0.25, -0.2) is 14.0 Å². The molecule has 1 aliphatic heterocycles. The fourth-order valence-corrected chi connectivity index (χ4v) is 7.72. The van der Waals surface area contributed by atoms with Gasteiger partial charge in [-0.2, -0.15) is 0 Å². The van der Waals surface area contributed by atoms with Crippen molar-refractivity contribution in [2.24, 2.45) is 0 Å². The molecule has 0 saturated carbocycles. The quantitative estimate of drug-likeness (QED) is 0.104. The molecule has 5 aromatic rings. The molecule has 54 heavy (non-hydrogen) atoms. The van der Waals surface area contributed by atoms with Crippen molar-refractivity contribution in [2.45, 2.75) is 50.6 Å². The second-order valence-electron chi connectivity index (χ2n) is 12.8. The molecule has 0 amide bonds. The molecule has 3 heterocycles. The van der Waals surface area contributed by atoms with Crippen molar-refractivity contribution in [3.63, 3.8) is 0 Å². The van der Waals surface area contributed by atoms with Crippen LogP contribution in [0.3, 0.4) is 0 Å². The van der Waals surface area contributed by atoms with Crippen molar-refractivity contribution in [2.75, 3.05) is 27.3 Å². The average Bonchev–Trinajstić information content (AvgIpc) is 3.67. The number of nitrogens with one attached hydrogen (secondary N) is 1. The third-order valence-electron chi connectivity index (χ3n) is 9.23. The SMILES string of the molecule is COc1ccc([C@H](Cc2c(Cl)cncc2Cl)OC(=O)c2ccc(CNC(C(=O)OC3CCN(Cc4ccccc4)CC3)c3ccccc3F)s2)cc1OC. The van der Waals surface area contributed by atoms with Crippen LogP contribution in [0.15, 0.2) is 97.3 Å². The number of pyridine rings is 1. The van der Waals surface area contributed by atoms with Gasteiger partial charge < -0.3 is 18.9 Å². The van der Waals surface area contributed by atoms with Crippen LogP contribution in [0.1, 0.15) is 61.8 Å². The fourth-order valence-electron chi connectivity index (χ4n) is 6.36. The number of piperidine rings is 1. The standard InChI is InChI=1S/C41H40Cl2FN3O6S/c1-50-35-14-12-27(20-37(35)51-2)36(21-31-32(42)23-45-24-33(31)43)53-40(48)38-15-13-29(54-38)22-46-39(30-10-6-7-11-34(30)44)41(49)52-28-16-18-47(19-17-28)25-26-8-4-3-5-9-26/h3-15,20,23-24,28,36,39,46H,16-19,21-22,25H2,1-2H3/t36-,39?/m0/s1. The lowest BCUT2D eigenvalue weighted by Gasteiger charge is -2.32. The third-order valence-corrected chi connectivity index (χ3v) is 10.9. The van der Waals surface area contributed by atoms with Gasteiger partial charge in [0.15, 0.2) is 11.5 Å². The first kappa shape index (κ1) is 39.2. The molecule has 2 aromatic heterocycles. The Labute approximate surface area is 327 Å². The molecule has 282 valence electrons. The molecule has 1 N–H and O–H groups in total. The van der Waals surface area contributed by atoms with Crippen LogP contribution in [0.2, 0.25) is 10.0 Å². The molecule has 1 fully saturated rings. The fraction of sp³-hybridized carbons (Fsp3) is 0.293. The van der Waals surface area contributed by atoms with E-state index in [1.54, 1.807) is 48.5 Å². The van der Waals surface area contributed by atoms with E-state index in [9.17, 15) is 9.59 Å². The zero-order chi connectivity index (χ0) is 38.0. The Kier molecular flexibility index (Phi) is 13.6. The van der Waals surface area contributed by atoms with Gasteiger partial charge in [0, 0.05) is 55.4 Å². The highest BCUT2D eigenvalue weighted by atomic mass is 35.5. The molecule has 0 bridgehead atoms. The van der Waals surface area contributed by atoms with Gasteiger partial charge in [-0.05, 0) is 59.9 Å². The van der Waals surface area contributed by atoms with Crippen molar-refractivity contribution in [1.82, 2.24) is 15.2 Å². The Morgan fingerprint density at radius 1 is 0.926 bits per heavy atom. The van der Waals surface area contributed by atoms with E-state index in [0.717, 1.165) is 24.5 Å². The number of ether oxygens (including phenoxy) is 4. The van der Waals surface area contributed by atoms with Gasteiger partial charge in [0.05, 0.1) is 24.3 Å².